The Balaban J connectivity index is 2.24. The van der Waals surface area contributed by atoms with Crippen molar-refractivity contribution in [3.8, 4) is 0 Å². The molecule has 2 heteroatoms. The molecule has 0 aliphatic carbocycles. The van der Waals surface area contributed by atoms with Gasteiger partial charge in [0.15, 0.2) is 0 Å². The number of benzene rings is 2. The number of hydrogen-bond acceptors (Lipinski definition) is 1. The average Bonchev–Trinajstić information content (AvgIpc) is 2.38. The van der Waals surface area contributed by atoms with E-state index in [9.17, 15) is 4.79 Å². The zero-order valence-corrected chi connectivity index (χ0v) is 11.0. The standard InChI is InChI=1S/C16H15ClO/c1-12-7-9-14(10-8-12)15(16(17)18)11-13-5-3-2-4-6-13/h2-10,15H,11H2,1H3. The van der Waals surface area contributed by atoms with Gasteiger partial charge in [0, 0.05) is 0 Å². The van der Waals surface area contributed by atoms with E-state index in [1.54, 1.807) is 0 Å². The van der Waals surface area contributed by atoms with Gasteiger partial charge in [0.25, 0.3) is 0 Å². The third kappa shape index (κ3) is 3.21. The molecule has 2 aromatic rings. The first kappa shape index (κ1) is 12.8. The Hall–Kier alpha value is -1.60. The Kier molecular flexibility index (Phi) is 4.16. The van der Waals surface area contributed by atoms with E-state index in [0.29, 0.717) is 6.42 Å². The van der Waals surface area contributed by atoms with E-state index in [-0.39, 0.29) is 11.2 Å². The zero-order valence-electron chi connectivity index (χ0n) is 10.3. The lowest BCUT2D eigenvalue weighted by Gasteiger charge is -2.13. The summed E-state index contributed by atoms with van der Waals surface area (Å²) < 4.78 is 0. The van der Waals surface area contributed by atoms with E-state index in [2.05, 4.69) is 0 Å². The van der Waals surface area contributed by atoms with Crippen molar-refractivity contribution in [3.63, 3.8) is 0 Å². The summed E-state index contributed by atoms with van der Waals surface area (Å²) >= 11 is 5.73. The maximum Gasteiger partial charge on any atom is 0.229 e. The van der Waals surface area contributed by atoms with Crippen molar-refractivity contribution in [1.82, 2.24) is 0 Å². The summed E-state index contributed by atoms with van der Waals surface area (Å²) in [6, 6.07) is 17.9. The van der Waals surface area contributed by atoms with E-state index in [1.807, 2.05) is 61.5 Å². The van der Waals surface area contributed by atoms with E-state index in [1.165, 1.54) is 5.56 Å². The lowest BCUT2D eigenvalue weighted by Crippen LogP contribution is -2.10. The molecule has 1 unspecified atom stereocenters. The molecule has 0 radical (unpaired) electrons. The highest BCUT2D eigenvalue weighted by molar-refractivity contribution is 6.64. The lowest BCUT2D eigenvalue weighted by molar-refractivity contribution is -0.113. The van der Waals surface area contributed by atoms with Gasteiger partial charge in [0.2, 0.25) is 5.24 Å². The van der Waals surface area contributed by atoms with Crippen LogP contribution < -0.4 is 0 Å². The highest BCUT2D eigenvalue weighted by Gasteiger charge is 2.18. The van der Waals surface area contributed by atoms with Gasteiger partial charge in [-0.05, 0) is 36.1 Å². The van der Waals surface area contributed by atoms with Gasteiger partial charge < -0.3 is 0 Å². The van der Waals surface area contributed by atoms with Crippen molar-refractivity contribution in [2.75, 3.05) is 0 Å². The van der Waals surface area contributed by atoms with Gasteiger partial charge in [-0.15, -0.1) is 0 Å². The molecule has 18 heavy (non-hydrogen) atoms. The van der Waals surface area contributed by atoms with Gasteiger partial charge in [-0.3, -0.25) is 4.79 Å². The second kappa shape index (κ2) is 5.83. The van der Waals surface area contributed by atoms with E-state index in [0.717, 1.165) is 11.1 Å². The third-order valence-electron chi connectivity index (χ3n) is 3.04. The normalized spacial score (nSPS) is 12.1. The van der Waals surface area contributed by atoms with E-state index < -0.39 is 0 Å². The molecule has 1 atom stereocenters. The number of halogens is 1. The monoisotopic (exact) mass is 258 g/mol. The summed E-state index contributed by atoms with van der Waals surface area (Å²) in [7, 11) is 0. The Bertz CT molecular complexity index is 517. The van der Waals surface area contributed by atoms with Crippen LogP contribution in [0, 0.1) is 6.92 Å². The minimum atomic E-state index is -0.303. The van der Waals surface area contributed by atoms with Gasteiger partial charge in [0.05, 0.1) is 5.92 Å². The fourth-order valence-corrected chi connectivity index (χ4v) is 2.18. The average molecular weight is 259 g/mol. The predicted molar refractivity (Wildman–Crippen MR) is 74.9 cm³/mol. The summed E-state index contributed by atoms with van der Waals surface area (Å²) in [4.78, 5) is 11.6. The molecular formula is C16H15ClO. The van der Waals surface area contributed by atoms with Crippen LogP contribution in [-0.2, 0) is 11.2 Å². The molecule has 0 heterocycles. The molecule has 2 aromatic carbocycles. The second-order valence-electron chi connectivity index (χ2n) is 4.46. The third-order valence-corrected chi connectivity index (χ3v) is 3.30. The van der Waals surface area contributed by atoms with Crippen molar-refractivity contribution in [2.24, 2.45) is 0 Å². The minimum absolute atomic E-state index is 0.269. The maximum atomic E-state index is 11.6. The van der Waals surface area contributed by atoms with Crippen LogP contribution in [0.2, 0.25) is 0 Å². The number of carbonyl (C=O) groups excluding carboxylic acids is 1. The van der Waals surface area contributed by atoms with Crippen molar-refractivity contribution < 1.29 is 4.79 Å². The van der Waals surface area contributed by atoms with Gasteiger partial charge in [-0.2, -0.15) is 0 Å². The zero-order chi connectivity index (χ0) is 13.0. The lowest BCUT2D eigenvalue weighted by atomic mass is 9.92. The Morgan fingerprint density at radius 3 is 2.22 bits per heavy atom. The first-order valence-electron chi connectivity index (χ1n) is 5.96. The minimum Gasteiger partial charge on any atom is -0.281 e. The van der Waals surface area contributed by atoms with Crippen LogP contribution in [0.4, 0.5) is 0 Å². The molecule has 0 aliphatic rings. The largest absolute Gasteiger partial charge is 0.281 e. The molecule has 0 saturated carbocycles. The summed E-state index contributed by atoms with van der Waals surface area (Å²) in [6.45, 7) is 2.03. The molecule has 0 N–H and O–H groups in total. The van der Waals surface area contributed by atoms with Crippen molar-refractivity contribution >= 4 is 16.8 Å². The molecule has 0 spiro atoms. The molecule has 92 valence electrons. The van der Waals surface area contributed by atoms with Crippen LogP contribution in [0.1, 0.15) is 22.6 Å². The molecule has 0 amide bonds. The fraction of sp³-hybridized carbons (Fsp3) is 0.188. The highest BCUT2D eigenvalue weighted by Crippen LogP contribution is 2.23. The van der Waals surface area contributed by atoms with Gasteiger partial charge >= 0.3 is 0 Å². The summed E-state index contributed by atoms with van der Waals surface area (Å²) in [5, 5.41) is -0.303. The number of rotatable bonds is 4. The van der Waals surface area contributed by atoms with Gasteiger partial charge in [-0.1, -0.05) is 60.2 Å². The topological polar surface area (TPSA) is 17.1 Å². The fourth-order valence-electron chi connectivity index (χ4n) is 1.98. The van der Waals surface area contributed by atoms with E-state index in [4.69, 9.17) is 11.6 Å². The molecule has 1 nitrogen and oxygen atoms in total. The molecule has 0 bridgehead atoms. The Morgan fingerprint density at radius 1 is 1.06 bits per heavy atom. The molecule has 0 aliphatic heterocycles. The van der Waals surface area contributed by atoms with Crippen LogP contribution in [0.3, 0.4) is 0 Å². The molecule has 0 fully saturated rings. The van der Waals surface area contributed by atoms with Gasteiger partial charge in [0.1, 0.15) is 0 Å². The van der Waals surface area contributed by atoms with E-state index >= 15 is 0 Å². The van der Waals surface area contributed by atoms with Crippen molar-refractivity contribution in [3.05, 3.63) is 71.3 Å². The van der Waals surface area contributed by atoms with Crippen LogP contribution in [0.25, 0.3) is 0 Å². The quantitative estimate of drug-likeness (QED) is 0.755. The Labute approximate surface area is 112 Å². The van der Waals surface area contributed by atoms with Crippen LogP contribution in [-0.4, -0.2) is 5.24 Å². The van der Waals surface area contributed by atoms with Crippen molar-refractivity contribution in [1.29, 1.82) is 0 Å². The van der Waals surface area contributed by atoms with Crippen molar-refractivity contribution in [2.45, 2.75) is 19.3 Å². The molecular weight excluding hydrogens is 244 g/mol. The second-order valence-corrected chi connectivity index (χ2v) is 4.83. The first-order valence-corrected chi connectivity index (χ1v) is 6.34. The number of aryl methyl sites for hydroxylation is 1. The molecule has 0 aromatic heterocycles. The molecule has 2 rings (SSSR count). The number of hydrogen-bond donors (Lipinski definition) is 0. The van der Waals surface area contributed by atoms with Crippen LogP contribution in [0.5, 0.6) is 0 Å². The summed E-state index contributed by atoms with van der Waals surface area (Å²) in [5.74, 6) is -0.269. The Morgan fingerprint density at radius 2 is 1.67 bits per heavy atom. The van der Waals surface area contributed by atoms with Gasteiger partial charge in [-0.25, -0.2) is 0 Å². The highest BCUT2D eigenvalue weighted by atomic mass is 35.5. The maximum absolute atomic E-state index is 11.6. The SMILES string of the molecule is Cc1ccc(C(Cc2ccccc2)C(=O)Cl)cc1. The van der Waals surface area contributed by atoms with Crippen LogP contribution >= 0.6 is 11.6 Å². The summed E-state index contributed by atoms with van der Waals surface area (Å²) in [6.07, 6.45) is 0.645. The smallest absolute Gasteiger partial charge is 0.229 e. The predicted octanol–water partition coefficient (Wildman–Crippen LogP) is 4.09. The first-order chi connectivity index (χ1) is 8.66. The van der Waals surface area contributed by atoms with Crippen LogP contribution in [0.15, 0.2) is 54.6 Å². The number of carbonyl (C=O) groups is 1. The summed E-state index contributed by atoms with van der Waals surface area (Å²) in [5.41, 5.74) is 3.28. The molecule has 0 saturated heterocycles.